The molecule has 1 N–H and O–H groups in total. The maximum Gasteiger partial charge on any atom is 0.119 e. The van der Waals surface area contributed by atoms with Gasteiger partial charge >= 0.3 is 0 Å². The molecule has 1 aromatic carbocycles. The van der Waals surface area contributed by atoms with Gasteiger partial charge in [-0.1, -0.05) is 6.92 Å². The summed E-state index contributed by atoms with van der Waals surface area (Å²) in [5, 5.41) is 9.29. The van der Waals surface area contributed by atoms with Gasteiger partial charge in [-0.05, 0) is 51.6 Å². The lowest BCUT2D eigenvalue weighted by Gasteiger charge is -2.33. The van der Waals surface area contributed by atoms with E-state index in [0.29, 0.717) is 6.61 Å². The van der Waals surface area contributed by atoms with Gasteiger partial charge in [0, 0.05) is 12.1 Å². The van der Waals surface area contributed by atoms with E-state index in [0.717, 1.165) is 31.1 Å². The Bertz CT molecular complexity index is 376. The van der Waals surface area contributed by atoms with Crippen molar-refractivity contribution in [1.29, 1.82) is 0 Å². The summed E-state index contributed by atoms with van der Waals surface area (Å²) in [4.78, 5) is 2.09. The maximum atomic E-state index is 9.29. The zero-order valence-corrected chi connectivity index (χ0v) is 13.1. The average molecular weight is 281 g/mol. The summed E-state index contributed by atoms with van der Waals surface area (Å²) < 4.78 is 11.2. The predicted molar refractivity (Wildman–Crippen MR) is 81.5 cm³/mol. The molecular weight excluding hydrogens is 254 g/mol. The van der Waals surface area contributed by atoms with Gasteiger partial charge in [0.05, 0.1) is 13.2 Å². The number of aliphatic hydroxyl groups is 1. The standard InChI is InChI=1S/C16H27NO3/c1-5-11-19-14-6-8-15(9-7-14)20-12-10-17(4)16(2,3)13-18/h6-9,18H,5,10-13H2,1-4H3. The fourth-order valence-corrected chi connectivity index (χ4v) is 1.58. The zero-order chi connectivity index (χ0) is 15.0. The molecule has 0 aromatic heterocycles. The highest BCUT2D eigenvalue weighted by Gasteiger charge is 2.21. The van der Waals surface area contributed by atoms with Crippen LogP contribution in [0.5, 0.6) is 11.5 Å². The van der Waals surface area contributed by atoms with Crippen LogP contribution < -0.4 is 9.47 Å². The van der Waals surface area contributed by atoms with Crippen molar-refractivity contribution in [2.45, 2.75) is 32.7 Å². The van der Waals surface area contributed by atoms with Crippen molar-refractivity contribution in [3.63, 3.8) is 0 Å². The number of rotatable bonds is 9. The summed E-state index contributed by atoms with van der Waals surface area (Å²) in [6.45, 7) is 8.33. The van der Waals surface area contributed by atoms with E-state index in [1.54, 1.807) is 0 Å². The lowest BCUT2D eigenvalue weighted by atomic mass is 10.1. The molecule has 114 valence electrons. The lowest BCUT2D eigenvalue weighted by molar-refractivity contribution is 0.0678. The number of likely N-dealkylation sites (N-methyl/N-ethyl adjacent to an activating group) is 1. The van der Waals surface area contributed by atoms with Crippen LogP contribution in [-0.4, -0.2) is 49.0 Å². The monoisotopic (exact) mass is 281 g/mol. The molecular formula is C16H27NO3. The van der Waals surface area contributed by atoms with Gasteiger partial charge in [-0.25, -0.2) is 0 Å². The first kappa shape index (κ1) is 16.8. The second-order valence-electron chi connectivity index (χ2n) is 5.56. The normalized spacial score (nSPS) is 11.7. The molecule has 4 nitrogen and oxygen atoms in total. The Balaban J connectivity index is 2.35. The highest BCUT2D eigenvalue weighted by atomic mass is 16.5. The van der Waals surface area contributed by atoms with Crippen LogP contribution in [0.1, 0.15) is 27.2 Å². The van der Waals surface area contributed by atoms with E-state index in [9.17, 15) is 5.11 Å². The quantitative estimate of drug-likeness (QED) is 0.755. The van der Waals surface area contributed by atoms with E-state index < -0.39 is 0 Å². The molecule has 0 heterocycles. The minimum absolute atomic E-state index is 0.132. The Morgan fingerprint density at radius 2 is 1.55 bits per heavy atom. The van der Waals surface area contributed by atoms with Gasteiger partial charge in [-0.3, -0.25) is 4.90 Å². The minimum Gasteiger partial charge on any atom is -0.494 e. The molecule has 0 aliphatic heterocycles. The highest BCUT2D eigenvalue weighted by molar-refractivity contribution is 5.31. The first-order valence-corrected chi connectivity index (χ1v) is 7.17. The molecule has 0 aliphatic rings. The zero-order valence-electron chi connectivity index (χ0n) is 13.1. The molecule has 1 aromatic rings. The van der Waals surface area contributed by atoms with E-state index in [-0.39, 0.29) is 12.1 Å². The molecule has 0 saturated carbocycles. The van der Waals surface area contributed by atoms with Gasteiger partial charge in [-0.2, -0.15) is 0 Å². The number of aliphatic hydroxyl groups excluding tert-OH is 1. The largest absolute Gasteiger partial charge is 0.494 e. The van der Waals surface area contributed by atoms with Crippen molar-refractivity contribution >= 4 is 0 Å². The topological polar surface area (TPSA) is 41.9 Å². The molecule has 0 amide bonds. The highest BCUT2D eigenvalue weighted by Crippen LogP contribution is 2.18. The molecule has 0 bridgehead atoms. The Kier molecular flexibility index (Phi) is 6.82. The van der Waals surface area contributed by atoms with Crippen molar-refractivity contribution in [3.05, 3.63) is 24.3 Å². The fraction of sp³-hybridized carbons (Fsp3) is 0.625. The Morgan fingerprint density at radius 3 is 2.00 bits per heavy atom. The average Bonchev–Trinajstić information content (AvgIpc) is 2.46. The first-order chi connectivity index (χ1) is 9.49. The molecule has 0 radical (unpaired) electrons. The molecule has 20 heavy (non-hydrogen) atoms. The number of hydrogen-bond acceptors (Lipinski definition) is 4. The molecule has 0 unspecified atom stereocenters. The van der Waals surface area contributed by atoms with Crippen LogP contribution in [0.2, 0.25) is 0 Å². The summed E-state index contributed by atoms with van der Waals surface area (Å²) in [5.74, 6) is 1.71. The third-order valence-electron chi connectivity index (χ3n) is 3.41. The van der Waals surface area contributed by atoms with E-state index in [2.05, 4.69) is 11.8 Å². The van der Waals surface area contributed by atoms with Crippen LogP contribution in [0.3, 0.4) is 0 Å². The second kappa shape index (κ2) is 8.12. The van der Waals surface area contributed by atoms with Crippen LogP contribution in [-0.2, 0) is 0 Å². The van der Waals surface area contributed by atoms with Gasteiger partial charge in [0.2, 0.25) is 0 Å². The van der Waals surface area contributed by atoms with Gasteiger partial charge < -0.3 is 14.6 Å². The minimum atomic E-state index is -0.221. The van der Waals surface area contributed by atoms with Crippen molar-refractivity contribution in [2.24, 2.45) is 0 Å². The number of benzene rings is 1. The van der Waals surface area contributed by atoms with Crippen LogP contribution in [0.4, 0.5) is 0 Å². The van der Waals surface area contributed by atoms with E-state index in [1.165, 1.54) is 0 Å². The fourth-order valence-electron chi connectivity index (χ4n) is 1.58. The predicted octanol–water partition coefficient (Wildman–Crippen LogP) is 2.56. The van der Waals surface area contributed by atoms with Gasteiger partial charge in [0.1, 0.15) is 18.1 Å². The number of nitrogens with zero attached hydrogens (tertiary/aromatic N) is 1. The molecule has 0 atom stereocenters. The SMILES string of the molecule is CCCOc1ccc(OCCN(C)C(C)(C)CO)cc1. The third-order valence-corrected chi connectivity index (χ3v) is 3.41. The van der Waals surface area contributed by atoms with Gasteiger partial charge in [0.15, 0.2) is 0 Å². The molecule has 0 saturated heterocycles. The molecule has 0 fully saturated rings. The molecule has 4 heteroatoms. The van der Waals surface area contributed by atoms with E-state index in [4.69, 9.17) is 9.47 Å². The second-order valence-corrected chi connectivity index (χ2v) is 5.56. The molecule has 0 spiro atoms. The lowest BCUT2D eigenvalue weighted by Crippen LogP contribution is -2.45. The summed E-state index contributed by atoms with van der Waals surface area (Å²) in [6, 6.07) is 7.68. The first-order valence-electron chi connectivity index (χ1n) is 7.17. The summed E-state index contributed by atoms with van der Waals surface area (Å²) in [6.07, 6.45) is 1.01. The number of ether oxygens (including phenoxy) is 2. The van der Waals surface area contributed by atoms with Gasteiger partial charge in [0.25, 0.3) is 0 Å². The third kappa shape index (κ3) is 5.39. The van der Waals surface area contributed by atoms with Crippen LogP contribution in [0.15, 0.2) is 24.3 Å². The summed E-state index contributed by atoms with van der Waals surface area (Å²) in [7, 11) is 1.99. The van der Waals surface area contributed by atoms with Crippen molar-refractivity contribution in [3.8, 4) is 11.5 Å². The number of hydrogen-bond donors (Lipinski definition) is 1. The van der Waals surface area contributed by atoms with Crippen LogP contribution in [0, 0.1) is 0 Å². The van der Waals surface area contributed by atoms with Crippen molar-refractivity contribution < 1.29 is 14.6 Å². The summed E-state index contributed by atoms with van der Waals surface area (Å²) in [5.41, 5.74) is -0.221. The Hall–Kier alpha value is -1.26. The van der Waals surface area contributed by atoms with Crippen LogP contribution >= 0.6 is 0 Å². The molecule has 1 rings (SSSR count). The smallest absolute Gasteiger partial charge is 0.119 e. The van der Waals surface area contributed by atoms with Crippen molar-refractivity contribution in [1.82, 2.24) is 4.90 Å². The molecule has 0 aliphatic carbocycles. The summed E-state index contributed by atoms with van der Waals surface area (Å²) >= 11 is 0. The van der Waals surface area contributed by atoms with E-state index >= 15 is 0 Å². The van der Waals surface area contributed by atoms with Gasteiger partial charge in [-0.15, -0.1) is 0 Å². The van der Waals surface area contributed by atoms with Crippen LogP contribution in [0.25, 0.3) is 0 Å². The maximum absolute atomic E-state index is 9.29. The van der Waals surface area contributed by atoms with Crippen molar-refractivity contribution in [2.75, 3.05) is 33.4 Å². The Morgan fingerprint density at radius 1 is 1.05 bits per heavy atom. The van der Waals surface area contributed by atoms with E-state index in [1.807, 2.05) is 45.2 Å². The Labute approximate surface area is 122 Å².